The Morgan fingerprint density at radius 2 is 1.34 bits per heavy atom. The number of benzene rings is 1. The number of hydrogen-bond donors (Lipinski definition) is 2. The van der Waals surface area contributed by atoms with Crippen LogP contribution in [0.2, 0.25) is 0 Å². The van der Waals surface area contributed by atoms with Gasteiger partial charge in [-0.15, -0.1) is 0 Å². The Kier molecular flexibility index (Phi) is 9.17. The van der Waals surface area contributed by atoms with E-state index >= 15 is 0 Å². The van der Waals surface area contributed by atoms with Crippen molar-refractivity contribution >= 4 is 11.9 Å². The van der Waals surface area contributed by atoms with E-state index in [0.29, 0.717) is 23.8 Å². The van der Waals surface area contributed by atoms with Gasteiger partial charge < -0.3 is 10.2 Å². The Balaban J connectivity index is 0.000000212. The zero-order chi connectivity index (χ0) is 21.2. The zero-order valence-corrected chi connectivity index (χ0v) is 17.3. The number of carboxylic acids is 2. The van der Waals surface area contributed by atoms with E-state index in [4.69, 9.17) is 5.11 Å². The van der Waals surface area contributed by atoms with Crippen LogP contribution in [0.3, 0.4) is 0 Å². The van der Waals surface area contributed by atoms with Crippen molar-refractivity contribution in [2.45, 2.75) is 64.2 Å². The maximum atomic E-state index is 11.2. The molecule has 0 spiro atoms. The molecule has 0 atom stereocenters. The third-order valence-electron chi connectivity index (χ3n) is 6.35. The van der Waals surface area contributed by atoms with Gasteiger partial charge in [0.25, 0.3) is 0 Å². The highest BCUT2D eigenvalue weighted by Crippen LogP contribution is 2.44. The Morgan fingerprint density at radius 3 is 1.76 bits per heavy atom. The molecule has 1 aromatic rings. The van der Waals surface area contributed by atoms with Gasteiger partial charge in [-0.05, 0) is 61.8 Å². The second-order valence-corrected chi connectivity index (χ2v) is 8.34. The Bertz CT molecular complexity index is 679. The lowest BCUT2D eigenvalue weighted by molar-refractivity contribution is -0.134. The van der Waals surface area contributed by atoms with Crippen LogP contribution in [0.25, 0.3) is 0 Å². The second kappa shape index (κ2) is 11.6. The quantitative estimate of drug-likeness (QED) is 0.536. The van der Waals surface area contributed by atoms with Crippen LogP contribution in [0, 0.1) is 17.8 Å². The summed E-state index contributed by atoms with van der Waals surface area (Å²) in [6.07, 6.45) is 11.2. The van der Waals surface area contributed by atoms with Gasteiger partial charge in [0.05, 0.1) is 0 Å². The van der Waals surface area contributed by atoms with E-state index in [1.54, 1.807) is 0 Å². The maximum Gasteiger partial charge on any atom is 0.331 e. The van der Waals surface area contributed by atoms with Crippen LogP contribution in [0.4, 0.5) is 0 Å². The number of hydrogen-bond acceptors (Lipinski definition) is 2. The highest BCUT2D eigenvalue weighted by atomic mass is 16.4. The fourth-order valence-corrected chi connectivity index (χ4v) is 4.78. The molecule has 2 fully saturated rings. The Morgan fingerprint density at radius 1 is 0.862 bits per heavy atom. The molecule has 4 nitrogen and oxygen atoms in total. The van der Waals surface area contributed by atoms with Crippen LogP contribution in [-0.4, -0.2) is 22.2 Å². The van der Waals surface area contributed by atoms with Crippen LogP contribution in [0.15, 0.2) is 54.6 Å². The molecule has 0 bridgehead atoms. The molecule has 1 aromatic carbocycles. The van der Waals surface area contributed by atoms with Crippen molar-refractivity contribution < 1.29 is 19.8 Å². The molecule has 29 heavy (non-hydrogen) atoms. The number of rotatable bonds is 8. The predicted octanol–water partition coefficient (Wildman–Crippen LogP) is 5.88. The van der Waals surface area contributed by atoms with Gasteiger partial charge >= 0.3 is 11.9 Å². The molecule has 0 aromatic heterocycles. The topological polar surface area (TPSA) is 74.6 Å². The van der Waals surface area contributed by atoms with Gasteiger partial charge in [0, 0.05) is 11.1 Å². The normalized spacial score (nSPS) is 17.0. The lowest BCUT2D eigenvalue weighted by Gasteiger charge is -2.29. The summed E-state index contributed by atoms with van der Waals surface area (Å²) >= 11 is 0. The van der Waals surface area contributed by atoms with Crippen molar-refractivity contribution in [3.8, 4) is 0 Å². The highest BCUT2D eigenvalue weighted by molar-refractivity contribution is 5.86. The molecular weight excluding hydrogens is 364 g/mol. The van der Waals surface area contributed by atoms with E-state index in [1.165, 1.54) is 51.4 Å². The molecule has 0 unspecified atom stereocenters. The molecule has 0 heterocycles. The van der Waals surface area contributed by atoms with Gasteiger partial charge in [-0.25, -0.2) is 9.59 Å². The third-order valence-corrected chi connectivity index (χ3v) is 6.35. The molecule has 3 rings (SSSR count). The first-order chi connectivity index (χ1) is 13.9. The van der Waals surface area contributed by atoms with Gasteiger partial charge in [0.15, 0.2) is 0 Å². The molecule has 2 aliphatic carbocycles. The summed E-state index contributed by atoms with van der Waals surface area (Å²) in [6, 6.07) is 9.79. The minimum Gasteiger partial charge on any atom is -0.478 e. The first kappa shape index (κ1) is 22.9. The van der Waals surface area contributed by atoms with E-state index in [9.17, 15) is 14.7 Å². The number of carboxylic acid groups (broad SMARTS) is 2. The molecule has 0 amide bonds. The predicted molar refractivity (Wildman–Crippen MR) is 116 cm³/mol. The summed E-state index contributed by atoms with van der Waals surface area (Å²) in [5.74, 6) is -0.208. The average molecular weight is 399 g/mol. The standard InChI is InChI=1S/C14H22O2.C11H12O2/c1-10(14(15)16)13(11-6-2-3-7-11)12-8-4-5-9-12;1-9(11(12)13)7-8-10-5-3-2-4-6-10/h11-13H,1-9H2,(H,15,16);2-6H,1,7-8H2,(H,12,13). The van der Waals surface area contributed by atoms with Crippen LogP contribution in [-0.2, 0) is 16.0 Å². The van der Waals surface area contributed by atoms with Gasteiger partial charge in [0.1, 0.15) is 0 Å². The second-order valence-electron chi connectivity index (χ2n) is 8.34. The number of aryl methyl sites for hydroxylation is 1. The molecule has 158 valence electrons. The summed E-state index contributed by atoms with van der Waals surface area (Å²) in [5.41, 5.74) is 1.90. The summed E-state index contributed by atoms with van der Waals surface area (Å²) < 4.78 is 0. The summed E-state index contributed by atoms with van der Waals surface area (Å²) in [6.45, 7) is 7.31. The molecule has 0 radical (unpaired) electrons. The molecule has 2 aliphatic rings. The van der Waals surface area contributed by atoms with Crippen molar-refractivity contribution in [1.82, 2.24) is 0 Å². The summed E-state index contributed by atoms with van der Waals surface area (Å²) in [5, 5.41) is 17.7. The maximum absolute atomic E-state index is 11.2. The smallest absolute Gasteiger partial charge is 0.331 e. The summed E-state index contributed by atoms with van der Waals surface area (Å²) in [7, 11) is 0. The van der Waals surface area contributed by atoms with E-state index in [1.807, 2.05) is 30.3 Å². The van der Waals surface area contributed by atoms with Gasteiger partial charge in [0.2, 0.25) is 0 Å². The first-order valence-electron chi connectivity index (χ1n) is 10.8. The molecule has 0 saturated heterocycles. The van der Waals surface area contributed by atoms with Gasteiger partial charge in [-0.3, -0.25) is 0 Å². The van der Waals surface area contributed by atoms with Crippen molar-refractivity contribution in [2.24, 2.45) is 17.8 Å². The fraction of sp³-hybridized carbons (Fsp3) is 0.520. The van der Waals surface area contributed by atoms with Crippen LogP contribution < -0.4 is 0 Å². The Hall–Kier alpha value is -2.36. The average Bonchev–Trinajstić information content (AvgIpc) is 3.42. The zero-order valence-electron chi connectivity index (χ0n) is 17.3. The largest absolute Gasteiger partial charge is 0.478 e. The van der Waals surface area contributed by atoms with Crippen molar-refractivity contribution in [1.29, 1.82) is 0 Å². The lowest BCUT2D eigenvalue weighted by Crippen LogP contribution is -2.25. The SMILES string of the molecule is C=C(C(=O)O)C(C1CCCC1)C1CCCC1.C=C(CCc1ccccc1)C(=O)O. The van der Waals surface area contributed by atoms with E-state index in [2.05, 4.69) is 13.2 Å². The van der Waals surface area contributed by atoms with Crippen LogP contribution >= 0.6 is 0 Å². The minimum absolute atomic E-state index is 0.266. The number of carbonyl (C=O) groups is 2. The molecular formula is C25H34O4. The van der Waals surface area contributed by atoms with Crippen molar-refractivity contribution in [3.05, 3.63) is 60.2 Å². The molecule has 0 aliphatic heterocycles. The lowest BCUT2D eigenvalue weighted by atomic mass is 9.75. The van der Waals surface area contributed by atoms with E-state index in [0.717, 1.165) is 12.0 Å². The van der Waals surface area contributed by atoms with Crippen LogP contribution in [0.1, 0.15) is 63.4 Å². The van der Waals surface area contributed by atoms with E-state index in [-0.39, 0.29) is 11.5 Å². The molecule has 2 N–H and O–H groups in total. The molecule has 4 heteroatoms. The van der Waals surface area contributed by atoms with Crippen LogP contribution in [0.5, 0.6) is 0 Å². The van der Waals surface area contributed by atoms with E-state index < -0.39 is 11.9 Å². The summed E-state index contributed by atoms with van der Waals surface area (Å²) in [4.78, 5) is 21.6. The van der Waals surface area contributed by atoms with Gasteiger partial charge in [-0.1, -0.05) is 69.2 Å². The highest BCUT2D eigenvalue weighted by Gasteiger charge is 2.36. The first-order valence-corrected chi connectivity index (χ1v) is 10.8. The fourth-order valence-electron chi connectivity index (χ4n) is 4.78. The monoisotopic (exact) mass is 398 g/mol. The molecule has 2 saturated carbocycles. The van der Waals surface area contributed by atoms with Crippen molar-refractivity contribution in [2.75, 3.05) is 0 Å². The Labute approximate surface area is 174 Å². The van der Waals surface area contributed by atoms with Crippen molar-refractivity contribution in [3.63, 3.8) is 0 Å². The minimum atomic E-state index is -0.907. The third kappa shape index (κ3) is 7.19. The van der Waals surface area contributed by atoms with Gasteiger partial charge in [-0.2, -0.15) is 0 Å². The number of aliphatic carboxylic acids is 2.